The van der Waals surface area contributed by atoms with Gasteiger partial charge in [0.2, 0.25) is 0 Å². The zero-order chi connectivity index (χ0) is 37.6. The Labute approximate surface area is 225 Å². The highest BCUT2D eigenvalue weighted by Gasteiger charge is 2.23. The minimum Gasteiger partial charge on any atom is -0.308 e. The lowest BCUT2D eigenvalue weighted by molar-refractivity contribution is 1.33. The molecule has 9 rings (SSSR count). The van der Waals surface area contributed by atoms with E-state index in [1.54, 1.807) is 0 Å². The molecular weight excluding hydrogens is 444 g/mol. The fourth-order valence-corrected chi connectivity index (χ4v) is 5.42. The van der Waals surface area contributed by atoms with Crippen molar-refractivity contribution in [2.75, 3.05) is 0 Å². The van der Waals surface area contributed by atoms with E-state index in [1.807, 2.05) is 0 Å². The SMILES string of the molecule is [2H]c1c([2H])c([2H])c2c(c1[2H])c(=O)c1c([2H])c([2H])c([2H])c3c4c(c([2H])c([2H])c5c6c([2H])c([2H])c([2H])c7c(=O)c8c([2H])c([2H])c([2H])c([2H])c8n(c76)c54)n2c13. The van der Waals surface area contributed by atoms with Crippen LogP contribution < -0.4 is 10.9 Å². The van der Waals surface area contributed by atoms with E-state index in [2.05, 4.69) is 0 Å². The number of hydrogen-bond donors (Lipinski definition) is 0. The summed E-state index contributed by atoms with van der Waals surface area (Å²) >= 11 is 0. The fraction of sp³-hybridized carbons (Fsp3) is 0. The number of rotatable bonds is 0. The van der Waals surface area contributed by atoms with Crippen molar-refractivity contribution in [2.45, 2.75) is 0 Å². The van der Waals surface area contributed by atoms with Crippen LogP contribution in [0, 0.1) is 0 Å². The molecule has 166 valence electrons. The molecule has 9 aromatic rings. The first kappa shape index (κ1) is 9.25. The molecule has 0 spiro atoms. The van der Waals surface area contributed by atoms with E-state index < -0.39 is 140 Å². The molecule has 0 radical (unpaired) electrons. The van der Waals surface area contributed by atoms with Crippen molar-refractivity contribution in [1.29, 1.82) is 0 Å². The average molecular weight is 477 g/mol. The van der Waals surface area contributed by atoms with Gasteiger partial charge in [0.1, 0.15) is 0 Å². The van der Waals surface area contributed by atoms with E-state index in [0.29, 0.717) is 0 Å². The maximum Gasteiger partial charge on any atom is 0.197 e. The van der Waals surface area contributed by atoms with E-state index in [9.17, 15) is 12.3 Å². The standard InChI is InChI=1S/C32H16N2O2/c35-31-19-7-1-3-13-24(19)33-26-16-15-18-17-9-5-11-22-28(17)34(25-14-4-2-8-20(25)32(22)36)30(18)27(26)21-10-6-12-23(31)29(21)33/h1-16H/i1D,2D,3D,4D,5D,6D,7D,8D,9D,10D,11D,12D,13D,14D,15D,16D. The van der Waals surface area contributed by atoms with E-state index in [4.69, 9.17) is 19.2 Å². The summed E-state index contributed by atoms with van der Waals surface area (Å²) in [5.41, 5.74) is -4.19. The van der Waals surface area contributed by atoms with Gasteiger partial charge in [0.15, 0.2) is 10.9 Å². The molecule has 4 aromatic heterocycles. The lowest BCUT2D eigenvalue weighted by Crippen LogP contribution is -2.06. The lowest BCUT2D eigenvalue weighted by atomic mass is 10.1. The predicted octanol–water partition coefficient (Wildman–Crippen LogP) is 6.71. The van der Waals surface area contributed by atoms with Gasteiger partial charge >= 0.3 is 0 Å². The zero-order valence-corrected chi connectivity index (χ0v) is 17.7. The first-order valence-electron chi connectivity index (χ1n) is 18.7. The molecule has 0 saturated carbocycles. The fourth-order valence-electron chi connectivity index (χ4n) is 5.42. The summed E-state index contributed by atoms with van der Waals surface area (Å²) < 4.78 is 142. The van der Waals surface area contributed by atoms with Gasteiger partial charge in [0.25, 0.3) is 0 Å². The molecule has 4 heterocycles. The first-order chi connectivity index (χ1) is 24.4. The summed E-state index contributed by atoms with van der Waals surface area (Å²) in [4.78, 5) is 28.4. The van der Waals surface area contributed by atoms with Crippen LogP contribution >= 0.6 is 0 Å². The third-order valence-corrected chi connectivity index (χ3v) is 6.80. The largest absolute Gasteiger partial charge is 0.308 e. The van der Waals surface area contributed by atoms with Crippen LogP contribution in [-0.4, -0.2) is 8.80 Å². The van der Waals surface area contributed by atoms with E-state index in [0.717, 1.165) is 8.80 Å². The van der Waals surface area contributed by atoms with Crippen LogP contribution in [0.25, 0.3) is 76.2 Å². The highest BCUT2D eigenvalue weighted by atomic mass is 16.1. The van der Waals surface area contributed by atoms with Crippen molar-refractivity contribution in [1.82, 2.24) is 8.80 Å². The molecule has 0 saturated heterocycles. The van der Waals surface area contributed by atoms with E-state index in [1.165, 1.54) is 0 Å². The second-order valence-corrected chi connectivity index (χ2v) is 8.42. The number of nitrogens with zero attached hydrogens (tertiary/aromatic N) is 2. The number of hydrogen-bond acceptors (Lipinski definition) is 2. The molecule has 0 aliphatic rings. The Kier molecular flexibility index (Phi) is 1.54. The molecule has 4 nitrogen and oxygen atoms in total. The minimum atomic E-state index is -1.06. The van der Waals surface area contributed by atoms with E-state index >= 15 is 0 Å². The summed E-state index contributed by atoms with van der Waals surface area (Å²) in [6, 6.07) is -11.8. The van der Waals surface area contributed by atoms with Gasteiger partial charge in [-0.3, -0.25) is 9.59 Å². The predicted molar refractivity (Wildman–Crippen MR) is 148 cm³/mol. The molecule has 0 unspecified atom stereocenters. The highest BCUT2D eigenvalue weighted by Crippen LogP contribution is 2.42. The Morgan fingerprint density at radius 2 is 0.917 bits per heavy atom. The van der Waals surface area contributed by atoms with Crippen molar-refractivity contribution in [3.05, 3.63) is 117 Å². The first-order valence-corrected chi connectivity index (χ1v) is 10.7. The molecule has 0 atom stereocenters. The van der Waals surface area contributed by atoms with Gasteiger partial charge in [-0.2, -0.15) is 0 Å². The third-order valence-electron chi connectivity index (χ3n) is 6.80. The molecule has 0 bridgehead atoms. The van der Waals surface area contributed by atoms with Gasteiger partial charge in [-0.05, 0) is 42.3 Å². The van der Waals surface area contributed by atoms with Crippen molar-refractivity contribution in [3.8, 4) is 0 Å². The van der Waals surface area contributed by atoms with Crippen molar-refractivity contribution < 1.29 is 21.9 Å². The van der Waals surface area contributed by atoms with Crippen LogP contribution in [0.2, 0.25) is 0 Å². The summed E-state index contributed by atoms with van der Waals surface area (Å²) in [5, 5.41) is -3.33. The summed E-state index contributed by atoms with van der Waals surface area (Å²) in [6.45, 7) is 0. The Bertz CT molecular complexity index is 3410. The normalized spacial score (nSPS) is 18.9. The molecule has 4 heteroatoms. The van der Waals surface area contributed by atoms with Crippen molar-refractivity contribution in [2.24, 2.45) is 0 Å². The van der Waals surface area contributed by atoms with Gasteiger partial charge < -0.3 is 8.80 Å². The maximum atomic E-state index is 14.2. The smallest absolute Gasteiger partial charge is 0.197 e. The van der Waals surface area contributed by atoms with Crippen LogP contribution in [0.4, 0.5) is 0 Å². The molecule has 0 fully saturated rings. The van der Waals surface area contributed by atoms with Crippen molar-refractivity contribution >= 4 is 76.2 Å². The average Bonchev–Trinajstić information content (AvgIpc) is 3.64. The summed E-state index contributed by atoms with van der Waals surface area (Å²) in [5.74, 6) is 0. The number of fused-ring (bicyclic) bond motifs is 11. The topological polar surface area (TPSA) is 43.0 Å². The van der Waals surface area contributed by atoms with Crippen LogP contribution in [-0.2, 0) is 0 Å². The van der Waals surface area contributed by atoms with Crippen LogP contribution in [0.15, 0.2) is 106 Å². The van der Waals surface area contributed by atoms with Crippen LogP contribution in [0.1, 0.15) is 21.9 Å². The number of para-hydroxylation sites is 4. The van der Waals surface area contributed by atoms with Gasteiger partial charge in [0.05, 0.1) is 55.0 Å². The molecule has 5 aromatic carbocycles. The second kappa shape index (κ2) is 5.99. The Hall–Kier alpha value is -4.96. The number of aromatic nitrogens is 2. The van der Waals surface area contributed by atoms with Gasteiger partial charge in [-0.1, -0.05) is 54.4 Å². The molecular formula is C32H16N2O2. The van der Waals surface area contributed by atoms with E-state index in [-0.39, 0.29) is 43.6 Å². The molecule has 0 amide bonds. The molecule has 0 N–H and O–H groups in total. The van der Waals surface area contributed by atoms with Crippen LogP contribution in [0.3, 0.4) is 0 Å². The van der Waals surface area contributed by atoms with Crippen LogP contribution in [0.5, 0.6) is 0 Å². The summed E-state index contributed by atoms with van der Waals surface area (Å²) in [6.07, 6.45) is 0. The number of benzene rings is 5. The zero-order valence-electron chi connectivity index (χ0n) is 33.7. The molecule has 0 aliphatic heterocycles. The summed E-state index contributed by atoms with van der Waals surface area (Å²) in [7, 11) is 0. The lowest BCUT2D eigenvalue weighted by Gasteiger charge is -2.07. The van der Waals surface area contributed by atoms with Gasteiger partial charge in [0, 0.05) is 43.1 Å². The molecule has 0 aliphatic carbocycles. The quantitative estimate of drug-likeness (QED) is 0.228. The second-order valence-electron chi connectivity index (χ2n) is 8.42. The Morgan fingerprint density at radius 3 is 1.61 bits per heavy atom. The monoisotopic (exact) mass is 476 g/mol. The Balaban J connectivity index is 1.84. The van der Waals surface area contributed by atoms with Gasteiger partial charge in [-0.25, -0.2) is 0 Å². The van der Waals surface area contributed by atoms with Crippen molar-refractivity contribution in [3.63, 3.8) is 0 Å². The number of pyridine rings is 2. The minimum absolute atomic E-state index is 0.230. The van der Waals surface area contributed by atoms with Gasteiger partial charge in [-0.15, -0.1) is 0 Å². The maximum absolute atomic E-state index is 14.2. The third kappa shape index (κ3) is 1.89. The Morgan fingerprint density at radius 1 is 0.417 bits per heavy atom. The highest BCUT2D eigenvalue weighted by molar-refractivity contribution is 6.30. The molecule has 36 heavy (non-hydrogen) atoms.